The van der Waals surface area contributed by atoms with Crippen molar-refractivity contribution >= 4 is 22.9 Å². The molecule has 6 nitrogen and oxygen atoms in total. The highest BCUT2D eigenvalue weighted by molar-refractivity contribution is 7.15. The number of carbonyl (C=O) groups is 1. The number of thiazole rings is 1. The molecule has 2 aromatic carbocycles. The molecule has 0 fully saturated rings. The fraction of sp³-hybridized carbons (Fsp3) is 0.222. The molecule has 0 saturated heterocycles. The first-order valence-electron chi connectivity index (χ1n) is 11.2. The zero-order chi connectivity index (χ0) is 23.7. The van der Waals surface area contributed by atoms with E-state index in [2.05, 4.69) is 11.9 Å². The van der Waals surface area contributed by atoms with E-state index in [-0.39, 0.29) is 5.91 Å². The lowest BCUT2D eigenvalue weighted by molar-refractivity contribution is -0.125. The maximum atomic E-state index is 13.0. The smallest absolute Gasteiger partial charge is 0.267 e. The molecule has 172 valence electrons. The molecular formula is C27H25N3O3S. The lowest BCUT2D eigenvalue weighted by atomic mass is 10.1. The summed E-state index contributed by atoms with van der Waals surface area (Å²) in [6.45, 7) is 6.67. The number of amides is 1. The van der Waals surface area contributed by atoms with Crippen LogP contribution in [0.1, 0.15) is 17.4 Å². The Morgan fingerprint density at radius 3 is 2.68 bits per heavy atom. The summed E-state index contributed by atoms with van der Waals surface area (Å²) >= 11 is 1.61. The van der Waals surface area contributed by atoms with Gasteiger partial charge in [0.2, 0.25) is 0 Å². The molecule has 0 spiro atoms. The number of carbonyl (C=O) groups excluding carboxylic acids is 1. The minimum atomic E-state index is -0.547. The van der Waals surface area contributed by atoms with Crippen LogP contribution in [0, 0.1) is 13.8 Å². The van der Waals surface area contributed by atoms with Gasteiger partial charge in [0, 0.05) is 16.6 Å². The second-order valence-electron chi connectivity index (χ2n) is 8.23. The van der Waals surface area contributed by atoms with Gasteiger partial charge in [-0.1, -0.05) is 23.8 Å². The van der Waals surface area contributed by atoms with Crippen molar-refractivity contribution in [2.45, 2.75) is 26.9 Å². The number of aromatic nitrogens is 2. The number of pyridine rings is 1. The first kappa shape index (κ1) is 22.1. The highest BCUT2D eigenvalue weighted by Gasteiger charge is 2.32. The number of ether oxygens (including phenoxy) is 2. The van der Waals surface area contributed by atoms with Gasteiger partial charge >= 0.3 is 0 Å². The second kappa shape index (κ2) is 9.27. The number of benzene rings is 2. The molecule has 0 N–H and O–H groups in total. The van der Waals surface area contributed by atoms with Gasteiger partial charge in [0.15, 0.2) is 6.10 Å². The average Bonchev–Trinajstić information content (AvgIpc) is 3.24. The van der Waals surface area contributed by atoms with Gasteiger partial charge in [-0.15, -0.1) is 11.3 Å². The molecule has 0 bridgehead atoms. The van der Waals surface area contributed by atoms with Crippen LogP contribution in [-0.4, -0.2) is 35.1 Å². The van der Waals surface area contributed by atoms with Crippen molar-refractivity contribution in [3.05, 3.63) is 77.3 Å². The van der Waals surface area contributed by atoms with E-state index in [0.717, 1.165) is 38.3 Å². The van der Waals surface area contributed by atoms with Crippen molar-refractivity contribution in [3.63, 3.8) is 0 Å². The Kier molecular flexibility index (Phi) is 6.02. The molecule has 0 aliphatic carbocycles. The van der Waals surface area contributed by atoms with Gasteiger partial charge in [0.05, 0.1) is 23.6 Å². The summed E-state index contributed by atoms with van der Waals surface area (Å²) in [6.07, 6.45) is 1.22. The molecule has 4 aromatic rings. The number of rotatable bonds is 6. The van der Waals surface area contributed by atoms with E-state index in [1.54, 1.807) is 29.4 Å². The van der Waals surface area contributed by atoms with Crippen molar-refractivity contribution in [2.24, 2.45) is 0 Å². The highest BCUT2D eigenvalue weighted by Crippen LogP contribution is 2.39. The number of aryl methyl sites for hydroxylation is 2. The summed E-state index contributed by atoms with van der Waals surface area (Å²) in [5.41, 5.74) is 4.58. The highest BCUT2D eigenvalue weighted by atomic mass is 32.1. The Morgan fingerprint density at radius 2 is 1.91 bits per heavy atom. The van der Waals surface area contributed by atoms with Crippen LogP contribution in [0.4, 0.5) is 5.69 Å². The summed E-state index contributed by atoms with van der Waals surface area (Å²) in [5.74, 6) is 1.39. The molecule has 1 amide bonds. The fourth-order valence-corrected chi connectivity index (χ4v) is 4.85. The first-order valence-corrected chi connectivity index (χ1v) is 12.0. The fourth-order valence-electron chi connectivity index (χ4n) is 3.94. The molecule has 5 rings (SSSR count). The SMILES string of the molecule is Cc1ccc(OCCN2C(=O)C(C)Oc3ccc(-c4nc(-c5ccccn5)sc4C)cc32)cc1. The van der Waals surface area contributed by atoms with E-state index >= 15 is 0 Å². The summed E-state index contributed by atoms with van der Waals surface area (Å²) in [7, 11) is 0. The Labute approximate surface area is 202 Å². The van der Waals surface area contributed by atoms with E-state index in [1.807, 2.05) is 67.6 Å². The van der Waals surface area contributed by atoms with Gasteiger partial charge in [-0.05, 0) is 63.2 Å². The number of hydrogen-bond donors (Lipinski definition) is 0. The Balaban J connectivity index is 1.42. The molecule has 1 aliphatic heterocycles. The quantitative estimate of drug-likeness (QED) is 0.362. The number of hydrogen-bond acceptors (Lipinski definition) is 6. The molecule has 1 atom stereocenters. The lowest BCUT2D eigenvalue weighted by Crippen LogP contribution is -2.46. The van der Waals surface area contributed by atoms with Crippen molar-refractivity contribution in [2.75, 3.05) is 18.1 Å². The third kappa shape index (κ3) is 4.39. The van der Waals surface area contributed by atoms with Gasteiger partial charge in [-0.2, -0.15) is 0 Å². The van der Waals surface area contributed by atoms with Crippen molar-refractivity contribution < 1.29 is 14.3 Å². The van der Waals surface area contributed by atoms with Crippen molar-refractivity contribution in [1.29, 1.82) is 0 Å². The van der Waals surface area contributed by atoms with Crippen LogP contribution in [0.25, 0.3) is 22.0 Å². The first-order chi connectivity index (χ1) is 16.5. The summed E-state index contributed by atoms with van der Waals surface area (Å²) in [5, 5.41) is 0.870. The Bertz CT molecular complexity index is 1320. The van der Waals surface area contributed by atoms with Crippen LogP contribution in [0.5, 0.6) is 11.5 Å². The molecule has 1 unspecified atom stereocenters. The largest absolute Gasteiger partial charge is 0.492 e. The average molecular weight is 472 g/mol. The number of fused-ring (bicyclic) bond motifs is 1. The third-order valence-corrected chi connectivity index (χ3v) is 6.72. The zero-order valence-corrected chi connectivity index (χ0v) is 20.1. The molecule has 1 aliphatic rings. The van der Waals surface area contributed by atoms with Gasteiger partial charge in [-0.25, -0.2) is 4.98 Å². The number of nitrogens with zero attached hydrogens (tertiary/aromatic N) is 3. The molecular weight excluding hydrogens is 446 g/mol. The third-order valence-electron chi connectivity index (χ3n) is 5.73. The Morgan fingerprint density at radius 1 is 1.09 bits per heavy atom. The summed E-state index contributed by atoms with van der Waals surface area (Å²) < 4.78 is 11.8. The minimum Gasteiger partial charge on any atom is -0.492 e. The lowest BCUT2D eigenvalue weighted by Gasteiger charge is -2.33. The topological polar surface area (TPSA) is 64.5 Å². The van der Waals surface area contributed by atoms with Gasteiger partial charge in [0.25, 0.3) is 5.91 Å². The Hall–Kier alpha value is -3.71. The maximum absolute atomic E-state index is 13.0. The normalized spacial score (nSPS) is 15.1. The monoisotopic (exact) mass is 471 g/mol. The standard InChI is InChI=1S/C27H25N3O3S/c1-17-7-10-21(11-8-17)32-15-14-30-23-16-20(9-12-24(23)33-18(2)27(30)31)25-19(3)34-26(29-25)22-6-4-5-13-28-22/h4-13,16,18H,14-15H2,1-3H3. The van der Waals surface area contributed by atoms with E-state index in [0.29, 0.717) is 18.9 Å². The predicted octanol–water partition coefficient (Wildman–Crippen LogP) is 5.68. The number of anilines is 1. The predicted molar refractivity (Wildman–Crippen MR) is 135 cm³/mol. The van der Waals surface area contributed by atoms with Crippen LogP contribution < -0.4 is 14.4 Å². The second-order valence-corrected chi connectivity index (χ2v) is 9.44. The van der Waals surface area contributed by atoms with Gasteiger partial charge in [-0.3, -0.25) is 9.78 Å². The van der Waals surface area contributed by atoms with Crippen LogP contribution in [0.15, 0.2) is 66.9 Å². The van der Waals surface area contributed by atoms with Crippen LogP contribution in [-0.2, 0) is 4.79 Å². The van der Waals surface area contributed by atoms with Gasteiger partial charge < -0.3 is 14.4 Å². The molecule has 3 heterocycles. The van der Waals surface area contributed by atoms with Crippen LogP contribution in [0.2, 0.25) is 0 Å². The molecule has 7 heteroatoms. The molecule has 2 aromatic heterocycles. The summed E-state index contributed by atoms with van der Waals surface area (Å²) in [6, 6.07) is 19.6. The minimum absolute atomic E-state index is 0.0821. The van der Waals surface area contributed by atoms with Crippen LogP contribution >= 0.6 is 11.3 Å². The van der Waals surface area contributed by atoms with Gasteiger partial charge in [0.1, 0.15) is 23.1 Å². The van der Waals surface area contributed by atoms with E-state index in [4.69, 9.17) is 14.5 Å². The summed E-state index contributed by atoms with van der Waals surface area (Å²) in [4.78, 5) is 25.1. The van der Waals surface area contributed by atoms with E-state index in [1.165, 1.54) is 5.56 Å². The van der Waals surface area contributed by atoms with Crippen LogP contribution in [0.3, 0.4) is 0 Å². The molecule has 0 saturated carbocycles. The maximum Gasteiger partial charge on any atom is 0.267 e. The molecule has 34 heavy (non-hydrogen) atoms. The van der Waals surface area contributed by atoms with E-state index in [9.17, 15) is 4.79 Å². The van der Waals surface area contributed by atoms with Crippen molar-refractivity contribution in [3.8, 4) is 33.5 Å². The van der Waals surface area contributed by atoms with Crippen molar-refractivity contribution in [1.82, 2.24) is 9.97 Å². The zero-order valence-electron chi connectivity index (χ0n) is 19.3. The molecule has 0 radical (unpaired) electrons. The van der Waals surface area contributed by atoms with E-state index < -0.39 is 6.10 Å².